The van der Waals surface area contributed by atoms with Crippen molar-refractivity contribution < 1.29 is 29.0 Å². The molecule has 7 heteroatoms. The summed E-state index contributed by atoms with van der Waals surface area (Å²) in [6, 6.07) is 4.92. The molecule has 1 fully saturated rings. The van der Waals surface area contributed by atoms with Crippen molar-refractivity contribution in [3.8, 4) is 5.75 Å². The van der Waals surface area contributed by atoms with Gasteiger partial charge in [-0.1, -0.05) is 0 Å². The normalized spacial score (nSPS) is 16.1. The smallest absolute Gasteiger partial charge is 0.311 e. The minimum atomic E-state index is -0.987. The SMILES string of the molecule is COc1ccc(C(C)=O)cc1CC(=O)NCC1(C(=O)O)CCOCC1. The number of nitrogens with one attached hydrogen (secondary N) is 1. The maximum atomic E-state index is 12.3. The van der Waals surface area contributed by atoms with Crippen LogP contribution >= 0.6 is 0 Å². The van der Waals surface area contributed by atoms with Gasteiger partial charge in [-0.05, 0) is 38.0 Å². The van der Waals surface area contributed by atoms with Crippen LogP contribution in [0.3, 0.4) is 0 Å². The van der Waals surface area contributed by atoms with E-state index in [1.807, 2.05) is 0 Å². The van der Waals surface area contributed by atoms with Crippen LogP contribution in [0.5, 0.6) is 5.75 Å². The monoisotopic (exact) mass is 349 g/mol. The van der Waals surface area contributed by atoms with Crippen LogP contribution in [0.15, 0.2) is 18.2 Å². The summed E-state index contributed by atoms with van der Waals surface area (Å²) in [6.07, 6.45) is 0.744. The number of ether oxygens (including phenoxy) is 2. The van der Waals surface area contributed by atoms with Crippen LogP contribution < -0.4 is 10.1 Å². The van der Waals surface area contributed by atoms with Crippen LogP contribution in [0.1, 0.15) is 35.7 Å². The van der Waals surface area contributed by atoms with E-state index in [0.29, 0.717) is 42.9 Å². The van der Waals surface area contributed by atoms with Gasteiger partial charge in [0, 0.05) is 30.9 Å². The van der Waals surface area contributed by atoms with Crippen molar-refractivity contribution in [2.45, 2.75) is 26.2 Å². The first-order chi connectivity index (χ1) is 11.9. The molecular formula is C18H23NO6. The number of carbonyl (C=O) groups is 3. The second-order valence-electron chi connectivity index (χ2n) is 6.23. The fourth-order valence-corrected chi connectivity index (χ4v) is 2.87. The number of benzene rings is 1. The Kier molecular flexibility index (Phi) is 6.14. The molecule has 1 heterocycles. The van der Waals surface area contributed by atoms with Gasteiger partial charge in [0.25, 0.3) is 0 Å². The number of carboxylic acids is 1. The van der Waals surface area contributed by atoms with Crippen LogP contribution in [-0.4, -0.2) is 49.6 Å². The van der Waals surface area contributed by atoms with Gasteiger partial charge in [0.15, 0.2) is 5.78 Å². The molecular weight excluding hydrogens is 326 g/mol. The second-order valence-corrected chi connectivity index (χ2v) is 6.23. The maximum Gasteiger partial charge on any atom is 0.311 e. The minimum Gasteiger partial charge on any atom is -0.496 e. The van der Waals surface area contributed by atoms with E-state index < -0.39 is 11.4 Å². The quantitative estimate of drug-likeness (QED) is 0.722. The molecule has 0 aromatic heterocycles. The average molecular weight is 349 g/mol. The van der Waals surface area contributed by atoms with Crippen LogP contribution in [0, 0.1) is 5.41 Å². The zero-order chi connectivity index (χ0) is 18.4. The number of methoxy groups -OCH3 is 1. The molecule has 0 saturated carbocycles. The van der Waals surface area contributed by atoms with Crippen molar-refractivity contribution >= 4 is 17.7 Å². The van der Waals surface area contributed by atoms with Crippen LogP contribution in [0.25, 0.3) is 0 Å². The molecule has 1 aromatic rings. The molecule has 1 saturated heterocycles. The van der Waals surface area contributed by atoms with Crippen molar-refractivity contribution in [2.24, 2.45) is 5.41 Å². The molecule has 136 valence electrons. The number of rotatable bonds is 7. The lowest BCUT2D eigenvalue weighted by Gasteiger charge is -2.33. The predicted octanol–water partition coefficient (Wildman–Crippen LogP) is 1.44. The topological polar surface area (TPSA) is 102 Å². The molecule has 0 spiro atoms. The molecule has 0 unspecified atom stereocenters. The van der Waals surface area contributed by atoms with Gasteiger partial charge >= 0.3 is 5.97 Å². The zero-order valence-electron chi connectivity index (χ0n) is 14.5. The van der Waals surface area contributed by atoms with Crippen LogP contribution in [0.2, 0.25) is 0 Å². The first-order valence-corrected chi connectivity index (χ1v) is 8.14. The molecule has 2 rings (SSSR count). The molecule has 7 nitrogen and oxygen atoms in total. The minimum absolute atomic E-state index is 0.0104. The van der Waals surface area contributed by atoms with Gasteiger partial charge in [0.05, 0.1) is 18.9 Å². The van der Waals surface area contributed by atoms with Crippen molar-refractivity contribution in [3.05, 3.63) is 29.3 Å². The second kappa shape index (κ2) is 8.11. The lowest BCUT2D eigenvalue weighted by molar-refractivity contribution is -0.154. The van der Waals surface area contributed by atoms with E-state index in [2.05, 4.69) is 5.32 Å². The Morgan fingerprint density at radius 3 is 2.52 bits per heavy atom. The van der Waals surface area contributed by atoms with E-state index in [0.717, 1.165) is 0 Å². The molecule has 1 aromatic carbocycles. The Balaban J connectivity index is 2.05. The number of Topliss-reactive ketones (excluding diaryl/α,β-unsaturated/α-hetero) is 1. The Labute approximate surface area is 146 Å². The summed E-state index contributed by atoms with van der Waals surface area (Å²) in [5.74, 6) is -0.825. The fraction of sp³-hybridized carbons (Fsp3) is 0.500. The first-order valence-electron chi connectivity index (χ1n) is 8.14. The average Bonchev–Trinajstić information content (AvgIpc) is 2.60. The Morgan fingerprint density at radius 2 is 1.96 bits per heavy atom. The van der Waals surface area contributed by atoms with E-state index in [1.54, 1.807) is 18.2 Å². The van der Waals surface area contributed by atoms with Crippen LogP contribution in [0.4, 0.5) is 0 Å². The first kappa shape index (κ1) is 18.9. The molecule has 0 radical (unpaired) electrons. The van der Waals surface area contributed by atoms with Crippen molar-refractivity contribution in [1.29, 1.82) is 0 Å². The van der Waals surface area contributed by atoms with Crippen LogP contribution in [-0.2, 0) is 20.7 Å². The molecule has 0 bridgehead atoms. The highest BCUT2D eigenvalue weighted by molar-refractivity contribution is 5.94. The molecule has 1 aliphatic heterocycles. The van der Waals surface area contributed by atoms with Gasteiger partial charge in [-0.3, -0.25) is 14.4 Å². The standard InChI is InChI=1S/C18H23NO6/c1-12(20)13-3-4-15(24-2)14(9-13)10-16(21)19-11-18(17(22)23)5-7-25-8-6-18/h3-4,9H,5-8,10-11H2,1-2H3,(H,19,21)(H,22,23). The molecule has 1 amide bonds. The molecule has 25 heavy (non-hydrogen) atoms. The number of hydrogen-bond acceptors (Lipinski definition) is 5. The van der Waals surface area contributed by atoms with E-state index in [-0.39, 0.29) is 24.7 Å². The third-order valence-corrected chi connectivity index (χ3v) is 4.57. The summed E-state index contributed by atoms with van der Waals surface area (Å²) in [6.45, 7) is 2.25. The summed E-state index contributed by atoms with van der Waals surface area (Å²) < 4.78 is 10.5. The summed E-state index contributed by atoms with van der Waals surface area (Å²) in [5, 5.41) is 12.2. The van der Waals surface area contributed by atoms with Gasteiger partial charge in [-0.25, -0.2) is 0 Å². The van der Waals surface area contributed by atoms with Crippen molar-refractivity contribution in [1.82, 2.24) is 5.32 Å². The van der Waals surface area contributed by atoms with E-state index in [4.69, 9.17) is 9.47 Å². The predicted molar refractivity (Wildman–Crippen MR) is 89.8 cm³/mol. The number of carbonyl (C=O) groups excluding carboxylic acids is 2. The highest BCUT2D eigenvalue weighted by Gasteiger charge is 2.40. The van der Waals surface area contributed by atoms with Crippen molar-refractivity contribution in [3.63, 3.8) is 0 Å². The number of ketones is 1. The summed E-state index contributed by atoms with van der Waals surface area (Å²) in [5.41, 5.74) is 0.0956. The maximum absolute atomic E-state index is 12.3. The van der Waals surface area contributed by atoms with E-state index >= 15 is 0 Å². The summed E-state index contributed by atoms with van der Waals surface area (Å²) >= 11 is 0. The highest BCUT2D eigenvalue weighted by Crippen LogP contribution is 2.30. The van der Waals surface area contributed by atoms with Gasteiger partial charge in [-0.2, -0.15) is 0 Å². The van der Waals surface area contributed by atoms with Gasteiger partial charge in [0.1, 0.15) is 5.75 Å². The van der Waals surface area contributed by atoms with Gasteiger partial charge in [0.2, 0.25) is 5.91 Å². The fourth-order valence-electron chi connectivity index (χ4n) is 2.87. The van der Waals surface area contributed by atoms with Gasteiger partial charge in [-0.15, -0.1) is 0 Å². The highest BCUT2D eigenvalue weighted by atomic mass is 16.5. The number of carboxylic acid groups (broad SMARTS) is 1. The molecule has 2 N–H and O–H groups in total. The van der Waals surface area contributed by atoms with Gasteiger partial charge < -0.3 is 19.9 Å². The Hall–Kier alpha value is -2.41. The molecule has 1 aliphatic rings. The number of aliphatic carboxylic acids is 1. The third kappa shape index (κ3) is 4.57. The molecule has 0 aliphatic carbocycles. The third-order valence-electron chi connectivity index (χ3n) is 4.57. The summed E-state index contributed by atoms with van der Waals surface area (Å²) in [7, 11) is 1.49. The molecule has 0 atom stereocenters. The summed E-state index contributed by atoms with van der Waals surface area (Å²) in [4.78, 5) is 35.4. The lowest BCUT2D eigenvalue weighted by atomic mass is 9.80. The largest absolute Gasteiger partial charge is 0.496 e. The number of hydrogen-bond donors (Lipinski definition) is 2. The zero-order valence-corrected chi connectivity index (χ0v) is 14.5. The number of amides is 1. The Morgan fingerprint density at radius 1 is 1.28 bits per heavy atom. The van der Waals surface area contributed by atoms with E-state index in [1.165, 1.54) is 14.0 Å². The Bertz CT molecular complexity index is 664. The van der Waals surface area contributed by atoms with Crippen molar-refractivity contribution in [2.75, 3.05) is 26.9 Å². The van der Waals surface area contributed by atoms with E-state index in [9.17, 15) is 19.5 Å². The lowest BCUT2D eigenvalue weighted by Crippen LogP contribution is -2.46.